The van der Waals surface area contributed by atoms with Crippen molar-refractivity contribution in [3.8, 4) is 5.75 Å². The lowest BCUT2D eigenvalue weighted by Crippen LogP contribution is -2.49. The SMILES string of the molecule is CC(C)(COc1ccccc1F)NC(=O)[C@H]1[C@@H]2CN(C(=O)OC(C)(C)C)C[C@@H]21. The summed E-state index contributed by atoms with van der Waals surface area (Å²) < 4.78 is 24.6. The second-order valence-electron chi connectivity index (χ2n) is 9.33. The Morgan fingerprint density at radius 2 is 1.75 bits per heavy atom. The van der Waals surface area contributed by atoms with Gasteiger partial charge in [-0.25, -0.2) is 9.18 Å². The van der Waals surface area contributed by atoms with Gasteiger partial charge in [0, 0.05) is 19.0 Å². The number of carbonyl (C=O) groups excluding carboxylic acids is 2. The van der Waals surface area contributed by atoms with E-state index in [1.54, 1.807) is 23.1 Å². The largest absolute Gasteiger partial charge is 0.488 e. The van der Waals surface area contributed by atoms with Crippen LogP contribution in [0.4, 0.5) is 9.18 Å². The minimum Gasteiger partial charge on any atom is -0.488 e. The van der Waals surface area contributed by atoms with Crippen molar-refractivity contribution in [3.05, 3.63) is 30.1 Å². The van der Waals surface area contributed by atoms with E-state index < -0.39 is 17.0 Å². The predicted octanol–water partition coefficient (Wildman–Crippen LogP) is 3.21. The highest BCUT2D eigenvalue weighted by Crippen LogP contribution is 2.52. The zero-order chi connectivity index (χ0) is 20.7. The van der Waals surface area contributed by atoms with E-state index in [1.807, 2.05) is 34.6 Å². The molecule has 3 rings (SSSR count). The maximum absolute atomic E-state index is 13.7. The quantitative estimate of drug-likeness (QED) is 0.836. The molecule has 154 valence electrons. The normalized spacial score (nSPS) is 23.8. The Labute approximate surface area is 165 Å². The Hall–Kier alpha value is -2.31. The number of para-hydroxylation sites is 1. The standard InChI is InChI=1S/C21H29FN2O4/c1-20(2,3)28-19(26)24-10-13-14(11-24)17(13)18(25)23-21(4,5)12-27-16-9-7-6-8-15(16)22/h6-9,13-14,17H,10-12H2,1-5H3,(H,23,25)/t13-,14+,17+. The number of nitrogens with one attached hydrogen (secondary N) is 1. The summed E-state index contributed by atoms with van der Waals surface area (Å²) in [5.41, 5.74) is -1.16. The topological polar surface area (TPSA) is 67.9 Å². The van der Waals surface area contributed by atoms with Gasteiger partial charge >= 0.3 is 6.09 Å². The Morgan fingerprint density at radius 3 is 2.32 bits per heavy atom. The van der Waals surface area contributed by atoms with Crippen LogP contribution in [0.5, 0.6) is 5.75 Å². The average molecular weight is 392 g/mol. The first-order chi connectivity index (χ1) is 13.0. The second kappa shape index (κ2) is 7.26. The maximum Gasteiger partial charge on any atom is 0.410 e. The molecule has 0 aromatic heterocycles. The summed E-state index contributed by atoms with van der Waals surface area (Å²) in [5, 5.41) is 3.00. The number of nitrogens with zero attached hydrogens (tertiary/aromatic N) is 1. The lowest BCUT2D eigenvalue weighted by atomic mass is 10.1. The molecule has 0 unspecified atom stereocenters. The van der Waals surface area contributed by atoms with Crippen LogP contribution in [0.2, 0.25) is 0 Å². The molecular weight excluding hydrogens is 363 g/mol. The van der Waals surface area contributed by atoms with Gasteiger partial charge in [-0.05, 0) is 58.6 Å². The molecule has 3 atom stereocenters. The van der Waals surface area contributed by atoms with Gasteiger partial charge in [-0.3, -0.25) is 4.79 Å². The highest BCUT2D eigenvalue weighted by molar-refractivity contribution is 5.84. The number of carbonyl (C=O) groups is 2. The minimum absolute atomic E-state index is 0.0408. The summed E-state index contributed by atoms with van der Waals surface area (Å²) in [5.74, 6) is -0.0382. The molecule has 7 heteroatoms. The smallest absolute Gasteiger partial charge is 0.410 e. The number of rotatable bonds is 5. The first-order valence-corrected chi connectivity index (χ1v) is 9.64. The highest BCUT2D eigenvalue weighted by Gasteiger charge is 2.61. The third kappa shape index (κ3) is 4.75. The zero-order valence-electron chi connectivity index (χ0n) is 17.1. The van der Waals surface area contributed by atoms with Crippen LogP contribution < -0.4 is 10.1 Å². The third-order valence-electron chi connectivity index (χ3n) is 5.04. The molecule has 1 saturated heterocycles. The number of ether oxygens (including phenoxy) is 2. The van der Waals surface area contributed by atoms with E-state index in [1.165, 1.54) is 6.07 Å². The van der Waals surface area contributed by atoms with E-state index in [0.717, 1.165) is 0 Å². The zero-order valence-corrected chi connectivity index (χ0v) is 17.1. The molecule has 0 spiro atoms. The number of hydrogen-bond donors (Lipinski definition) is 1. The second-order valence-corrected chi connectivity index (χ2v) is 9.33. The molecule has 1 aliphatic carbocycles. The molecule has 1 heterocycles. The van der Waals surface area contributed by atoms with Crippen LogP contribution in [0, 0.1) is 23.6 Å². The number of halogens is 1. The summed E-state index contributed by atoms with van der Waals surface area (Å²) in [7, 11) is 0. The Balaban J connectivity index is 1.46. The lowest BCUT2D eigenvalue weighted by molar-refractivity contribution is -0.125. The van der Waals surface area contributed by atoms with Crippen molar-refractivity contribution < 1.29 is 23.5 Å². The first-order valence-electron chi connectivity index (χ1n) is 9.64. The van der Waals surface area contributed by atoms with Crippen LogP contribution >= 0.6 is 0 Å². The Bertz CT molecular complexity index is 747. The van der Waals surface area contributed by atoms with Gasteiger partial charge in [0.1, 0.15) is 12.2 Å². The Morgan fingerprint density at radius 1 is 1.14 bits per heavy atom. The van der Waals surface area contributed by atoms with Gasteiger partial charge in [0.05, 0.1) is 5.54 Å². The third-order valence-corrected chi connectivity index (χ3v) is 5.04. The highest BCUT2D eigenvalue weighted by atomic mass is 19.1. The van der Waals surface area contributed by atoms with Crippen molar-refractivity contribution in [1.82, 2.24) is 10.2 Å². The van der Waals surface area contributed by atoms with Crippen LogP contribution in [0.3, 0.4) is 0 Å². The van der Waals surface area contributed by atoms with Gasteiger partial charge in [0.2, 0.25) is 5.91 Å². The fourth-order valence-corrected chi connectivity index (χ4v) is 3.66. The van der Waals surface area contributed by atoms with Crippen LogP contribution in [-0.4, -0.2) is 47.7 Å². The van der Waals surface area contributed by atoms with Gasteiger partial charge in [-0.1, -0.05) is 12.1 Å². The van der Waals surface area contributed by atoms with Crippen LogP contribution in [0.1, 0.15) is 34.6 Å². The van der Waals surface area contributed by atoms with E-state index in [-0.39, 0.29) is 42.1 Å². The summed E-state index contributed by atoms with van der Waals surface area (Å²) in [4.78, 5) is 26.5. The van der Waals surface area contributed by atoms with Crippen molar-refractivity contribution in [3.63, 3.8) is 0 Å². The molecular formula is C21H29FN2O4. The van der Waals surface area contributed by atoms with E-state index in [2.05, 4.69) is 5.32 Å². The van der Waals surface area contributed by atoms with Crippen LogP contribution in [-0.2, 0) is 9.53 Å². The fraction of sp³-hybridized carbons (Fsp3) is 0.619. The molecule has 2 amide bonds. The van der Waals surface area contributed by atoms with Gasteiger partial charge in [0.15, 0.2) is 11.6 Å². The lowest BCUT2D eigenvalue weighted by Gasteiger charge is -2.28. The molecule has 1 saturated carbocycles. The molecule has 1 aromatic carbocycles. The molecule has 6 nitrogen and oxygen atoms in total. The monoisotopic (exact) mass is 392 g/mol. The molecule has 0 radical (unpaired) electrons. The number of piperidine rings is 1. The average Bonchev–Trinajstić information content (AvgIpc) is 3.07. The predicted molar refractivity (Wildman–Crippen MR) is 102 cm³/mol. The van der Waals surface area contributed by atoms with E-state index >= 15 is 0 Å². The van der Waals surface area contributed by atoms with Gasteiger partial charge in [-0.2, -0.15) is 0 Å². The summed E-state index contributed by atoms with van der Waals surface area (Å²) in [6, 6.07) is 6.19. The van der Waals surface area contributed by atoms with Crippen molar-refractivity contribution in [2.75, 3.05) is 19.7 Å². The fourth-order valence-electron chi connectivity index (χ4n) is 3.66. The number of hydrogen-bond acceptors (Lipinski definition) is 4. The summed E-state index contributed by atoms with van der Waals surface area (Å²) in [6.07, 6.45) is -0.322. The van der Waals surface area contributed by atoms with E-state index in [9.17, 15) is 14.0 Å². The number of benzene rings is 1. The molecule has 28 heavy (non-hydrogen) atoms. The van der Waals surface area contributed by atoms with Crippen molar-refractivity contribution >= 4 is 12.0 Å². The van der Waals surface area contributed by atoms with Crippen LogP contribution in [0.15, 0.2) is 24.3 Å². The van der Waals surface area contributed by atoms with Crippen molar-refractivity contribution in [2.24, 2.45) is 17.8 Å². The molecule has 1 N–H and O–H groups in total. The number of fused-ring (bicyclic) bond motifs is 1. The van der Waals surface area contributed by atoms with Gasteiger partial charge < -0.3 is 19.7 Å². The molecule has 2 fully saturated rings. The van der Waals surface area contributed by atoms with Crippen LogP contribution in [0.25, 0.3) is 0 Å². The summed E-state index contributed by atoms with van der Waals surface area (Å²) >= 11 is 0. The van der Waals surface area contributed by atoms with Crippen molar-refractivity contribution in [2.45, 2.75) is 45.8 Å². The number of amides is 2. The van der Waals surface area contributed by atoms with Gasteiger partial charge in [0.25, 0.3) is 0 Å². The molecule has 2 aliphatic rings. The molecule has 1 aliphatic heterocycles. The summed E-state index contributed by atoms with van der Waals surface area (Å²) in [6.45, 7) is 10.4. The van der Waals surface area contributed by atoms with E-state index in [4.69, 9.17) is 9.47 Å². The Kier molecular flexibility index (Phi) is 5.30. The van der Waals surface area contributed by atoms with E-state index in [0.29, 0.717) is 13.1 Å². The molecule has 0 bridgehead atoms. The van der Waals surface area contributed by atoms with Gasteiger partial charge in [-0.15, -0.1) is 0 Å². The first kappa shape index (κ1) is 20.4. The van der Waals surface area contributed by atoms with Crippen molar-refractivity contribution in [1.29, 1.82) is 0 Å². The maximum atomic E-state index is 13.7. The molecule has 1 aromatic rings. The minimum atomic E-state index is -0.638. The number of likely N-dealkylation sites (tertiary alicyclic amines) is 1.